The number of ketones is 1. The normalized spacial score (nSPS) is 12.1. The molecule has 0 spiro atoms. The van der Waals surface area contributed by atoms with E-state index >= 15 is 0 Å². The summed E-state index contributed by atoms with van der Waals surface area (Å²) in [6.07, 6.45) is -4.74. The summed E-state index contributed by atoms with van der Waals surface area (Å²) >= 11 is 2.97. The number of benzene rings is 1. The topological polar surface area (TPSA) is 86.8 Å². The van der Waals surface area contributed by atoms with Crippen molar-refractivity contribution in [2.24, 2.45) is 13.0 Å². The lowest BCUT2D eigenvalue weighted by atomic mass is 10.0. The molecule has 4 rings (SSSR count). The molecule has 0 unspecified atom stereocenters. The van der Waals surface area contributed by atoms with Gasteiger partial charge < -0.3 is 0 Å². The highest BCUT2D eigenvalue weighted by atomic mass is 32.2. The maximum absolute atomic E-state index is 13.6. The highest BCUT2D eigenvalue weighted by Crippen LogP contribution is 2.42. The van der Waals surface area contributed by atoms with E-state index in [1.54, 1.807) is 0 Å². The molecule has 1 aromatic carbocycles. The molecule has 3 aromatic heterocycles. The van der Waals surface area contributed by atoms with Crippen molar-refractivity contribution < 1.29 is 18.0 Å². The smallest absolute Gasteiger partial charge is 0.288 e. The van der Waals surface area contributed by atoms with E-state index in [4.69, 9.17) is 0 Å². The Bertz CT molecular complexity index is 1500. The zero-order valence-electron chi connectivity index (χ0n) is 18.0. The second-order valence-corrected chi connectivity index (χ2v) is 10.9. The summed E-state index contributed by atoms with van der Waals surface area (Å²) in [5.41, 5.74) is -1.34. The van der Waals surface area contributed by atoms with Gasteiger partial charge in [-0.05, 0) is 12.0 Å². The Hall–Kier alpha value is -2.77. The third kappa shape index (κ3) is 4.34. The van der Waals surface area contributed by atoms with Gasteiger partial charge in [-0.3, -0.25) is 18.7 Å². The number of rotatable bonds is 6. The van der Waals surface area contributed by atoms with E-state index in [-0.39, 0.29) is 32.5 Å². The van der Waals surface area contributed by atoms with Gasteiger partial charge in [0.25, 0.3) is 5.56 Å². The van der Waals surface area contributed by atoms with Gasteiger partial charge in [0.2, 0.25) is 5.78 Å². The molecular formula is C21H17F3N4O3S3. The van der Waals surface area contributed by atoms with Gasteiger partial charge in [-0.25, -0.2) is 4.79 Å². The van der Waals surface area contributed by atoms with E-state index in [0.717, 1.165) is 51.1 Å². The Morgan fingerprint density at radius 3 is 2.53 bits per heavy atom. The largest absolute Gasteiger partial charge is 0.417 e. The van der Waals surface area contributed by atoms with Crippen molar-refractivity contribution in [2.75, 3.05) is 0 Å². The van der Waals surface area contributed by atoms with Crippen molar-refractivity contribution >= 4 is 50.4 Å². The maximum atomic E-state index is 13.6. The summed E-state index contributed by atoms with van der Waals surface area (Å²) in [4.78, 5) is 39.9. The molecule has 0 atom stereocenters. The van der Waals surface area contributed by atoms with Crippen LogP contribution in [-0.2, 0) is 19.8 Å². The lowest BCUT2D eigenvalue weighted by molar-refractivity contribution is -0.137. The minimum Gasteiger partial charge on any atom is -0.288 e. The fourth-order valence-corrected chi connectivity index (χ4v) is 6.47. The maximum Gasteiger partial charge on any atom is 0.417 e. The van der Waals surface area contributed by atoms with Crippen LogP contribution in [-0.4, -0.2) is 25.1 Å². The molecule has 3 heterocycles. The van der Waals surface area contributed by atoms with Gasteiger partial charge in [-0.15, -0.1) is 21.5 Å². The van der Waals surface area contributed by atoms with Gasteiger partial charge in [-0.1, -0.05) is 55.1 Å². The number of fused-ring (bicyclic) bond motifs is 1. The van der Waals surface area contributed by atoms with Crippen LogP contribution in [0, 0.1) is 5.92 Å². The fourth-order valence-electron chi connectivity index (χ4n) is 3.42. The zero-order valence-corrected chi connectivity index (χ0v) is 20.5. The molecular weight excluding hydrogens is 509 g/mol. The minimum atomic E-state index is -4.74. The number of hydrogen-bond acceptors (Lipinski definition) is 8. The van der Waals surface area contributed by atoms with Gasteiger partial charge in [0.05, 0.1) is 20.7 Å². The van der Waals surface area contributed by atoms with Gasteiger partial charge in [0.1, 0.15) is 10.3 Å². The molecule has 0 saturated heterocycles. The molecule has 0 saturated carbocycles. The number of hydrogen-bond donors (Lipinski definition) is 0. The lowest BCUT2D eigenvalue weighted by Gasteiger charge is -2.11. The van der Waals surface area contributed by atoms with E-state index in [2.05, 4.69) is 10.2 Å². The van der Waals surface area contributed by atoms with Crippen LogP contribution in [0.5, 0.6) is 0 Å². The number of halogens is 3. The zero-order chi connectivity index (χ0) is 24.8. The summed E-state index contributed by atoms with van der Waals surface area (Å²) in [5.74, 6) is -0.850. The fraction of sp³-hybridized carbons (Fsp3) is 0.286. The summed E-state index contributed by atoms with van der Waals surface area (Å²) in [6, 6.07) is 4.50. The first kappa shape index (κ1) is 24.4. The Morgan fingerprint density at radius 1 is 1.21 bits per heavy atom. The molecule has 0 aliphatic carbocycles. The summed E-state index contributed by atoms with van der Waals surface area (Å²) < 4.78 is 43.7. The molecule has 0 aliphatic heterocycles. The molecule has 7 nitrogen and oxygen atoms in total. The second kappa shape index (κ2) is 9.12. The van der Waals surface area contributed by atoms with Gasteiger partial charge in [0, 0.05) is 19.2 Å². The van der Waals surface area contributed by atoms with E-state index in [0.29, 0.717) is 4.34 Å². The first-order valence-corrected chi connectivity index (χ1v) is 12.4. The quantitative estimate of drug-likeness (QED) is 0.340. The molecule has 0 N–H and O–H groups in total. The molecule has 0 bridgehead atoms. The highest BCUT2D eigenvalue weighted by Gasteiger charge is 2.36. The van der Waals surface area contributed by atoms with E-state index < -0.39 is 34.3 Å². The molecule has 34 heavy (non-hydrogen) atoms. The number of carbonyl (C=O) groups is 1. The molecule has 0 amide bonds. The van der Waals surface area contributed by atoms with Crippen LogP contribution >= 0.6 is 34.4 Å². The number of thiophene rings is 1. The second-order valence-electron chi connectivity index (χ2n) is 7.77. The molecule has 0 aliphatic rings. The molecule has 13 heteroatoms. The van der Waals surface area contributed by atoms with E-state index in [1.165, 1.54) is 29.3 Å². The lowest BCUT2D eigenvalue weighted by Crippen LogP contribution is -2.38. The number of nitrogens with zero attached hydrogens (tertiary/aromatic N) is 4. The van der Waals surface area contributed by atoms with Crippen molar-refractivity contribution in [1.82, 2.24) is 19.3 Å². The van der Waals surface area contributed by atoms with Crippen molar-refractivity contribution in [1.29, 1.82) is 0 Å². The van der Waals surface area contributed by atoms with E-state index in [9.17, 15) is 27.6 Å². The van der Waals surface area contributed by atoms with Crippen LogP contribution in [0.2, 0.25) is 0 Å². The van der Waals surface area contributed by atoms with Crippen LogP contribution in [0.1, 0.15) is 34.6 Å². The average molecular weight is 527 g/mol. The van der Waals surface area contributed by atoms with Crippen molar-refractivity contribution in [3.05, 3.63) is 66.6 Å². The molecule has 4 aromatic rings. The summed E-state index contributed by atoms with van der Waals surface area (Å²) in [7, 11) is 1.33. The Labute approximate surface area is 202 Å². The first-order valence-electron chi connectivity index (χ1n) is 9.92. The number of carbonyl (C=O) groups excluding carboxylic acids is 1. The molecule has 0 radical (unpaired) electrons. The Balaban J connectivity index is 2.06. The first-order chi connectivity index (χ1) is 16.0. The van der Waals surface area contributed by atoms with Crippen molar-refractivity contribution in [2.45, 2.75) is 35.8 Å². The highest BCUT2D eigenvalue weighted by molar-refractivity contribution is 8.01. The van der Waals surface area contributed by atoms with Crippen LogP contribution < -0.4 is 11.2 Å². The average Bonchev–Trinajstić information content (AvgIpc) is 3.42. The predicted octanol–water partition coefficient (Wildman–Crippen LogP) is 4.67. The van der Waals surface area contributed by atoms with Crippen LogP contribution in [0.3, 0.4) is 0 Å². The predicted molar refractivity (Wildman–Crippen MR) is 125 cm³/mol. The van der Waals surface area contributed by atoms with Crippen LogP contribution in [0.25, 0.3) is 10.2 Å². The number of aromatic nitrogens is 4. The standard InChI is InChI=1S/C21H17F3N4O3S3/c1-10(2)8-28-18-13(17(30)27(3)20(28)31)15(34-19-26-25-9-32-19)16(33-18)14(29)11-6-4-5-7-12(11)21(22,23)24/h4-7,9-10H,8H2,1-3H3. The molecule has 178 valence electrons. The van der Waals surface area contributed by atoms with E-state index in [1.807, 2.05) is 13.8 Å². The van der Waals surface area contributed by atoms with Gasteiger partial charge in [0.15, 0.2) is 4.34 Å². The van der Waals surface area contributed by atoms with Crippen LogP contribution in [0.15, 0.2) is 48.6 Å². The summed E-state index contributed by atoms with van der Waals surface area (Å²) in [5, 5.41) is 7.79. The summed E-state index contributed by atoms with van der Waals surface area (Å²) in [6.45, 7) is 4.04. The van der Waals surface area contributed by atoms with Crippen LogP contribution in [0.4, 0.5) is 13.2 Å². The third-order valence-electron chi connectivity index (χ3n) is 4.89. The van der Waals surface area contributed by atoms with Gasteiger partial charge in [-0.2, -0.15) is 13.2 Å². The third-order valence-corrected chi connectivity index (χ3v) is 8.12. The van der Waals surface area contributed by atoms with Crippen molar-refractivity contribution in [3.63, 3.8) is 0 Å². The minimum absolute atomic E-state index is 0.0323. The molecule has 0 fully saturated rings. The van der Waals surface area contributed by atoms with Crippen molar-refractivity contribution in [3.8, 4) is 0 Å². The Morgan fingerprint density at radius 2 is 1.91 bits per heavy atom. The van der Waals surface area contributed by atoms with Gasteiger partial charge >= 0.3 is 11.9 Å². The monoisotopic (exact) mass is 526 g/mol. The SMILES string of the molecule is CC(C)Cn1c(=O)n(C)c(=O)c2c(Sc3nncs3)c(C(=O)c3ccccc3C(F)(F)F)sc21. The Kier molecular flexibility index (Phi) is 6.53. The number of alkyl halides is 3.